The van der Waals surface area contributed by atoms with E-state index in [4.69, 9.17) is 4.74 Å². The summed E-state index contributed by atoms with van der Waals surface area (Å²) in [5, 5.41) is 9.87. The van der Waals surface area contributed by atoms with E-state index in [9.17, 15) is 4.79 Å². The molecule has 0 fully saturated rings. The third-order valence-electron chi connectivity index (χ3n) is 4.09. The summed E-state index contributed by atoms with van der Waals surface area (Å²) < 4.78 is 5.17. The van der Waals surface area contributed by atoms with Crippen molar-refractivity contribution in [3.63, 3.8) is 0 Å². The lowest BCUT2D eigenvalue weighted by atomic mass is 10.1. The number of methoxy groups -OCH3 is 1. The predicted molar refractivity (Wildman–Crippen MR) is 107 cm³/mol. The molecule has 3 aromatic rings. The van der Waals surface area contributed by atoms with Crippen molar-refractivity contribution in [2.75, 3.05) is 18.6 Å². The number of nitrogens with zero attached hydrogens (tertiary/aromatic N) is 4. The van der Waals surface area contributed by atoms with Crippen molar-refractivity contribution < 1.29 is 9.53 Å². The number of aromatic nitrogens is 3. The number of amides is 1. The maximum absolute atomic E-state index is 12.8. The molecule has 1 aromatic carbocycles. The van der Waals surface area contributed by atoms with Gasteiger partial charge < -0.3 is 4.74 Å². The first-order valence-corrected chi connectivity index (χ1v) is 9.70. The monoisotopic (exact) mass is 382 g/mol. The molecular weight excluding hydrogens is 360 g/mol. The van der Waals surface area contributed by atoms with Crippen molar-refractivity contribution in [3.8, 4) is 16.3 Å². The van der Waals surface area contributed by atoms with Crippen molar-refractivity contribution in [2.45, 2.75) is 26.2 Å². The molecule has 140 valence electrons. The zero-order valence-electron chi connectivity index (χ0n) is 15.5. The van der Waals surface area contributed by atoms with Crippen LogP contribution in [0.3, 0.4) is 0 Å². The van der Waals surface area contributed by atoms with E-state index in [-0.39, 0.29) is 5.91 Å². The Labute approximate surface area is 162 Å². The Balaban J connectivity index is 1.69. The Bertz CT molecular complexity index is 865. The number of hydrogen-bond donors (Lipinski definition) is 0. The SMILES string of the molecule is CCCN(C(=O)CCc1ccc(OC)cc1)c1nnc(-c2cccnc2)s1. The fourth-order valence-corrected chi connectivity index (χ4v) is 3.54. The summed E-state index contributed by atoms with van der Waals surface area (Å²) >= 11 is 1.42. The van der Waals surface area contributed by atoms with E-state index in [0.29, 0.717) is 24.5 Å². The standard InChI is InChI=1S/C20H22N4O2S/c1-3-13-24(18(25)11-8-15-6-9-17(26-2)10-7-15)20-23-22-19(27-20)16-5-4-12-21-14-16/h4-7,9-10,12,14H,3,8,11,13H2,1-2H3. The average Bonchev–Trinajstić information content (AvgIpc) is 3.21. The number of carbonyl (C=O) groups excluding carboxylic acids is 1. The van der Waals surface area contributed by atoms with Crippen LogP contribution in [0.5, 0.6) is 5.75 Å². The van der Waals surface area contributed by atoms with E-state index in [0.717, 1.165) is 28.3 Å². The summed E-state index contributed by atoms with van der Waals surface area (Å²) in [7, 11) is 1.64. The average molecular weight is 382 g/mol. The van der Waals surface area contributed by atoms with Gasteiger partial charge in [0.25, 0.3) is 0 Å². The largest absolute Gasteiger partial charge is 0.497 e. The number of benzene rings is 1. The first-order chi connectivity index (χ1) is 13.2. The lowest BCUT2D eigenvalue weighted by Gasteiger charge is -2.18. The van der Waals surface area contributed by atoms with Crippen LogP contribution >= 0.6 is 11.3 Å². The van der Waals surface area contributed by atoms with Crippen LogP contribution < -0.4 is 9.64 Å². The molecule has 0 aliphatic carbocycles. The van der Waals surface area contributed by atoms with Crippen molar-refractivity contribution in [2.24, 2.45) is 0 Å². The van der Waals surface area contributed by atoms with Crippen LogP contribution in [-0.2, 0) is 11.2 Å². The topological polar surface area (TPSA) is 68.2 Å². The maximum Gasteiger partial charge on any atom is 0.229 e. The molecule has 7 heteroatoms. The van der Waals surface area contributed by atoms with E-state index in [1.165, 1.54) is 11.3 Å². The molecule has 0 spiro atoms. The minimum Gasteiger partial charge on any atom is -0.497 e. The molecular formula is C20H22N4O2S. The van der Waals surface area contributed by atoms with Crippen molar-refractivity contribution in [1.29, 1.82) is 0 Å². The minimum atomic E-state index is 0.0570. The van der Waals surface area contributed by atoms with Gasteiger partial charge in [-0.3, -0.25) is 14.7 Å². The van der Waals surface area contributed by atoms with Gasteiger partial charge in [0.05, 0.1) is 7.11 Å². The van der Waals surface area contributed by atoms with E-state index < -0.39 is 0 Å². The van der Waals surface area contributed by atoms with Crippen LogP contribution in [-0.4, -0.2) is 34.7 Å². The molecule has 0 radical (unpaired) electrons. The highest BCUT2D eigenvalue weighted by Crippen LogP contribution is 2.28. The lowest BCUT2D eigenvalue weighted by Crippen LogP contribution is -2.31. The normalized spacial score (nSPS) is 10.6. The van der Waals surface area contributed by atoms with Crippen LogP contribution in [0.15, 0.2) is 48.8 Å². The zero-order chi connectivity index (χ0) is 19.1. The molecule has 0 bridgehead atoms. The van der Waals surface area contributed by atoms with Crippen LogP contribution in [0.4, 0.5) is 5.13 Å². The minimum absolute atomic E-state index is 0.0570. The summed E-state index contributed by atoms with van der Waals surface area (Å²) in [6.45, 7) is 2.68. The van der Waals surface area contributed by atoms with Crippen molar-refractivity contribution >= 4 is 22.4 Å². The van der Waals surface area contributed by atoms with Crippen molar-refractivity contribution in [3.05, 3.63) is 54.4 Å². The van der Waals surface area contributed by atoms with Gasteiger partial charge in [0.2, 0.25) is 11.0 Å². The molecule has 2 heterocycles. The third-order valence-corrected chi connectivity index (χ3v) is 5.08. The molecule has 0 saturated heterocycles. The summed E-state index contributed by atoms with van der Waals surface area (Å²) in [6.07, 6.45) is 5.43. The Kier molecular flexibility index (Phi) is 6.49. The number of hydrogen-bond acceptors (Lipinski definition) is 6. The van der Waals surface area contributed by atoms with Crippen molar-refractivity contribution in [1.82, 2.24) is 15.2 Å². The van der Waals surface area contributed by atoms with Gasteiger partial charge in [0.1, 0.15) is 5.75 Å². The van der Waals surface area contributed by atoms with Crippen LogP contribution in [0.1, 0.15) is 25.3 Å². The summed E-state index contributed by atoms with van der Waals surface area (Å²) in [5.41, 5.74) is 2.01. The van der Waals surface area contributed by atoms with E-state index >= 15 is 0 Å². The molecule has 0 aliphatic rings. The molecule has 3 rings (SSSR count). The predicted octanol–water partition coefficient (Wildman–Crippen LogP) is 3.98. The Morgan fingerprint density at radius 1 is 1.19 bits per heavy atom. The van der Waals surface area contributed by atoms with Crippen LogP contribution in [0.25, 0.3) is 10.6 Å². The van der Waals surface area contributed by atoms with Gasteiger partial charge in [-0.25, -0.2) is 0 Å². The lowest BCUT2D eigenvalue weighted by molar-refractivity contribution is -0.118. The number of aryl methyl sites for hydroxylation is 1. The molecule has 0 unspecified atom stereocenters. The van der Waals surface area contributed by atoms with E-state index in [1.807, 2.05) is 43.3 Å². The summed E-state index contributed by atoms with van der Waals surface area (Å²) in [6, 6.07) is 11.6. The molecule has 0 atom stereocenters. The number of pyridine rings is 1. The maximum atomic E-state index is 12.8. The second-order valence-electron chi connectivity index (χ2n) is 6.02. The molecule has 0 N–H and O–H groups in total. The number of anilines is 1. The molecule has 0 aliphatic heterocycles. The highest BCUT2D eigenvalue weighted by molar-refractivity contribution is 7.18. The van der Waals surface area contributed by atoms with Gasteiger partial charge in [-0.05, 0) is 42.7 Å². The highest BCUT2D eigenvalue weighted by atomic mass is 32.1. The van der Waals surface area contributed by atoms with Gasteiger partial charge >= 0.3 is 0 Å². The van der Waals surface area contributed by atoms with Gasteiger partial charge in [0.15, 0.2) is 5.01 Å². The van der Waals surface area contributed by atoms with Gasteiger partial charge in [0, 0.05) is 30.9 Å². The smallest absolute Gasteiger partial charge is 0.229 e. The first-order valence-electron chi connectivity index (χ1n) is 8.88. The van der Waals surface area contributed by atoms with Gasteiger partial charge in [-0.15, -0.1) is 10.2 Å². The Morgan fingerprint density at radius 2 is 2.00 bits per heavy atom. The summed E-state index contributed by atoms with van der Waals surface area (Å²) in [4.78, 5) is 18.7. The first kappa shape index (κ1) is 19.0. The fraction of sp³-hybridized carbons (Fsp3) is 0.300. The second-order valence-corrected chi connectivity index (χ2v) is 6.98. The van der Waals surface area contributed by atoms with Crippen LogP contribution in [0, 0.1) is 0 Å². The highest BCUT2D eigenvalue weighted by Gasteiger charge is 2.19. The van der Waals surface area contributed by atoms with Crippen LogP contribution in [0.2, 0.25) is 0 Å². The van der Waals surface area contributed by atoms with E-state index in [1.54, 1.807) is 24.4 Å². The van der Waals surface area contributed by atoms with Gasteiger partial charge in [-0.2, -0.15) is 0 Å². The molecule has 0 saturated carbocycles. The zero-order valence-corrected chi connectivity index (χ0v) is 16.3. The second kappa shape index (κ2) is 9.23. The fourth-order valence-electron chi connectivity index (χ4n) is 2.66. The molecule has 2 aromatic heterocycles. The van der Waals surface area contributed by atoms with Gasteiger partial charge in [-0.1, -0.05) is 30.4 Å². The third kappa shape index (κ3) is 4.89. The van der Waals surface area contributed by atoms with E-state index in [2.05, 4.69) is 15.2 Å². The Morgan fingerprint density at radius 3 is 2.67 bits per heavy atom. The molecule has 6 nitrogen and oxygen atoms in total. The molecule has 27 heavy (non-hydrogen) atoms. The molecule has 1 amide bonds. The quantitative estimate of drug-likeness (QED) is 0.589. The summed E-state index contributed by atoms with van der Waals surface area (Å²) in [5.74, 6) is 0.871. The Hall–Kier alpha value is -2.80. The number of carbonyl (C=O) groups is 1. The number of rotatable bonds is 8. The number of ether oxygens (including phenoxy) is 1.